The van der Waals surface area contributed by atoms with Gasteiger partial charge in [-0.25, -0.2) is 0 Å². The number of aryl methyl sites for hydroxylation is 1. The second-order valence-corrected chi connectivity index (χ2v) is 6.31. The second kappa shape index (κ2) is 8.18. The topological polar surface area (TPSA) is 64.7 Å². The molecule has 2 rings (SSSR count). The second-order valence-electron chi connectivity index (χ2n) is 6.31. The molecule has 0 radical (unpaired) electrons. The molecule has 0 aliphatic heterocycles. The SMILES string of the molecule is COc1ccc(CC(C)[C@@H](N)[C@H](O)c2cccc(C)c2)cc1OC. The number of nitrogens with two attached hydrogens (primary N) is 1. The van der Waals surface area contributed by atoms with Gasteiger partial charge < -0.3 is 20.3 Å². The maximum absolute atomic E-state index is 10.6. The van der Waals surface area contributed by atoms with Crippen LogP contribution in [0.15, 0.2) is 42.5 Å². The molecule has 1 unspecified atom stereocenters. The summed E-state index contributed by atoms with van der Waals surface area (Å²) >= 11 is 0. The van der Waals surface area contributed by atoms with Crippen LogP contribution in [0.2, 0.25) is 0 Å². The summed E-state index contributed by atoms with van der Waals surface area (Å²) in [6, 6.07) is 13.4. The van der Waals surface area contributed by atoms with Gasteiger partial charge >= 0.3 is 0 Å². The van der Waals surface area contributed by atoms with Gasteiger partial charge in [0.25, 0.3) is 0 Å². The molecule has 3 N–H and O–H groups in total. The highest BCUT2D eigenvalue weighted by molar-refractivity contribution is 5.43. The van der Waals surface area contributed by atoms with E-state index in [0.717, 1.165) is 23.1 Å². The Hall–Kier alpha value is -2.04. The van der Waals surface area contributed by atoms with Gasteiger partial charge in [0.05, 0.1) is 20.3 Å². The van der Waals surface area contributed by atoms with E-state index in [2.05, 4.69) is 6.92 Å². The van der Waals surface area contributed by atoms with Gasteiger partial charge in [0.15, 0.2) is 11.5 Å². The number of hydrogen-bond acceptors (Lipinski definition) is 4. The zero-order chi connectivity index (χ0) is 17.7. The monoisotopic (exact) mass is 329 g/mol. The molecule has 0 fully saturated rings. The summed E-state index contributed by atoms with van der Waals surface area (Å²) in [5, 5.41) is 10.6. The lowest BCUT2D eigenvalue weighted by molar-refractivity contribution is 0.121. The van der Waals surface area contributed by atoms with E-state index in [0.29, 0.717) is 11.5 Å². The highest BCUT2D eigenvalue weighted by atomic mass is 16.5. The first-order valence-electron chi connectivity index (χ1n) is 8.17. The van der Waals surface area contributed by atoms with Crippen LogP contribution in [0.5, 0.6) is 11.5 Å². The van der Waals surface area contributed by atoms with Gasteiger partial charge in [-0.1, -0.05) is 42.8 Å². The average Bonchev–Trinajstić information content (AvgIpc) is 2.60. The number of aliphatic hydroxyl groups is 1. The van der Waals surface area contributed by atoms with Crippen molar-refractivity contribution in [3.05, 3.63) is 59.2 Å². The molecule has 2 aromatic rings. The van der Waals surface area contributed by atoms with E-state index in [1.54, 1.807) is 14.2 Å². The van der Waals surface area contributed by atoms with Crippen LogP contribution in [0.1, 0.15) is 29.7 Å². The van der Waals surface area contributed by atoms with E-state index in [1.807, 2.05) is 49.4 Å². The minimum absolute atomic E-state index is 0.110. The molecule has 3 atom stereocenters. The minimum Gasteiger partial charge on any atom is -0.493 e. The molecule has 2 aromatic carbocycles. The van der Waals surface area contributed by atoms with Gasteiger partial charge in [-0.3, -0.25) is 0 Å². The Balaban J connectivity index is 2.09. The van der Waals surface area contributed by atoms with Crippen molar-refractivity contribution >= 4 is 0 Å². The molecule has 0 amide bonds. The smallest absolute Gasteiger partial charge is 0.160 e. The lowest BCUT2D eigenvalue weighted by Gasteiger charge is -2.26. The van der Waals surface area contributed by atoms with E-state index in [4.69, 9.17) is 15.2 Å². The van der Waals surface area contributed by atoms with Gasteiger partial charge in [0.1, 0.15) is 0 Å². The van der Waals surface area contributed by atoms with Crippen molar-refractivity contribution in [3.63, 3.8) is 0 Å². The number of rotatable bonds is 7. The number of benzene rings is 2. The largest absolute Gasteiger partial charge is 0.493 e. The minimum atomic E-state index is -0.681. The Bertz CT molecular complexity index is 672. The summed E-state index contributed by atoms with van der Waals surface area (Å²) in [6.07, 6.45) is 0.0738. The number of aliphatic hydroxyl groups excluding tert-OH is 1. The third-order valence-corrected chi connectivity index (χ3v) is 4.41. The Labute approximate surface area is 144 Å². The molecule has 0 spiro atoms. The van der Waals surface area contributed by atoms with Crippen LogP contribution in [-0.4, -0.2) is 25.4 Å². The maximum Gasteiger partial charge on any atom is 0.160 e. The summed E-state index contributed by atoms with van der Waals surface area (Å²) < 4.78 is 10.6. The van der Waals surface area contributed by atoms with Crippen LogP contribution >= 0.6 is 0 Å². The fraction of sp³-hybridized carbons (Fsp3) is 0.400. The zero-order valence-electron chi connectivity index (χ0n) is 14.8. The number of ether oxygens (including phenoxy) is 2. The molecule has 24 heavy (non-hydrogen) atoms. The lowest BCUT2D eigenvalue weighted by atomic mass is 9.88. The van der Waals surface area contributed by atoms with Gasteiger partial charge in [-0.2, -0.15) is 0 Å². The van der Waals surface area contributed by atoms with E-state index in [9.17, 15) is 5.11 Å². The summed E-state index contributed by atoms with van der Waals surface area (Å²) in [4.78, 5) is 0. The molecule has 4 heteroatoms. The number of hydrogen-bond donors (Lipinski definition) is 2. The normalized spacial score (nSPS) is 14.8. The molecule has 4 nitrogen and oxygen atoms in total. The number of methoxy groups -OCH3 is 2. The van der Waals surface area contributed by atoms with E-state index in [1.165, 1.54) is 0 Å². The van der Waals surface area contributed by atoms with Crippen molar-refractivity contribution in [3.8, 4) is 11.5 Å². The molecular weight excluding hydrogens is 302 g/mol. The Morgan fingerprint density at radius 1 is 1.04 bits per heavy atom. The van der Waals surface area contributed by atoms with Crippen molar-refractivity contribution < 1.29 is 14.6 Å². The fourth-order valence-corrected chi connectivity index (χ4v) is 2.90. The molecule has 0 heterocycles. The van der Waals surface area contributed by atoms with Crippen LogP contribution in [0.25, 0.3) is 0 Å². The summed E-state index contributed by atoms with van der Waals surface area (Å²) in [5.41, 5.74) is 9.39. The van der Waals surface area contributed by atoms with Gasteiger partial charge in [0.2, 0.25) is 0 Å². The lowest BCUT2D eigenvalue weighted by Crippen LogP contribution is -2.36. The standard InChI is InChI=1S/C20H27NO3/c1-13-6-5-7-16(10-13)20(22)19(21)14(2)11-15-8-9-17(23-3)18(12-15)24-4/h5-10,12,14,19-20,22H,11,21H2,1-4H3/t14?,19-,20-/m1/s1. The fourth-order valence-electron chi connectivity index (χ4n) is 2.90. The Morgan fingerprint density at radius 3 is 2.38 bits per heavy atom. The van der Waals surface area contributed by atoms with E-state index in [-0.39, 0.29) is 12.0 Å². The molecule has 0 aliphatic rings. The van der Waals surface area contributed by atoms with Gasteiger partial charge in [0, 0.05) is 6.04 Å². The highest BCUT2D eigenvalue weighted by Crippen LogP contribution is 2.30. The molecule has 0 aromatic heterocycles. The van der Waals surface area contributed by atoms with Crippen LogP contribution in [0.3, 0.4) is 0 Å². The molecule has 0 aliphatic carbocycles. The molecule has 130 valence electrons. The molecular formula is C20H27NO3. The quantitative estimate of drug-likeness (QED) is 0.818. The van der Waals surface area contributed by atoms with Crippen LogP contribution in [0, 0.1) is 12.8 Å². The van der Waals surface area contributed by atoms with Crippen molar-refractivity contribution in [2.24, 2.45) is 11.7 Å². The Morgan fingerprint density at radius 2 is 1.75 bits per heavy atom. The van der Waals surface area contributed by atoms with E-state index < -0.39 is 6.10 Å². The van der Waals surface area contributed by atoms with Gasteiger partial charge in [-0.05, 0) is 42.5 Å². The summed E-state index contributed by atoms with van der Waals surface area (Å²) in [7, 11) is 3.24. The maximum atomic E-state index is 10.6. The molecule has 0 bridgehead atoms. The molecule has 0 saturated heterocycles. The Kier molecular flexibility index (Phi) is 6.23. The van der Waals surface area contributed by atoms with Crippen LogP contribution in [0.4, 0.5) is 0 Å². The molecule has 0 saturated carbocycles. The third kappa shape index (κ3) is 4.28. The predicted octanol–water partition coefficient (Wildman–Crippen LogP) is 3.25. The first kappa shape index (κ1) is 18.3. The van der Waals surface area contributed by atoms with Crippen molar-refractivity contribution in [1.29, 1.82) is 0 Å². The van der Waals surface area contributed by atoms with Crippen molar-refractivity contribution in [2.45, 2.75) is 32.4 Å². The van der Waals surface area contributed by atoms with Crippen LogP contribution in [-0.2, 0) is 6.42 Å². The predicted molar refractivity (Wildman–Crippen MR) is 96.5 cm³/mol. The van der Waals surface area contributed by atoms with E-state index >= 15 is 0 Å². The zero-order valence-corrected chi connectivity index (χ0v) is 14.8. The van der Waals surface area contributed by atoms with Crippen molar-refractivity contribution in [1.82, 2.24) is 0 Å². The van der Waals surface area contributed by atoms with Crippen LogP contribution < -0.4 is 15.2 Å². The van der Waals surface area contributed by atoms with Crippen molar-refractivity contribution in [2.75, 3.05) is 14.2 Å². The highest BCUT2D eigenvalue weighted by Gasteiger charge is 2.23. The van der Waals surface area contributed by atoms with Gasteiger partial charge in [-0.15, -0.1) is 0 Å². The first-order chi connectivity index (χ1) is 11.5. The first-order valence-corrected chi connectivity index (χ1v) is 8.17. The average molecular weight is 329 g/mol. The summed E-state index contributed by atoms with van der Waals surface area (Å²) in [6.45, 7) is 4.06. The summed E-state index contributed by atoms with van der Waals surface area (Å²) in [5.74, 6) is 1.52. The third-order valence-electron chi connectivity index (χ3n) is 4.41.